The van der Waals surface area contributed by atoms with Crippen LogP contribution in [-0.2, 0) is 4.79 Å². The normalized spacial score (nSPS) is 18.6. The first-order valence-electron chi connectivity index (χ1n) is 7.28. The summed E-state index contributed by atoms with van der Waals surface area (Å²) < 4.78 is 0. The number of amides is 2. The Balaban J connectivity index is 1.73. The summed E-state index contributed by atoms with van der Waals surface area (Å²) in [5.74, 6) is 0.613. The third kappa shape index (κ3) is 4.08. The number of rotatable bonds is 4. The van der Waals surface area contributed by atoms with Gasteiger partial charge in [-0.1, -0.05) is 25.1 Å². The van der Waals surface area contributed by atoms with Crippen molar-refractivity contribution in [1.82, 2.24) is 10.2 Å². The Morgan fingerprint density at radius 1 is 1.30 bits per heavy atom. The number of nitrogens with one attached hydrogen (secondary N) is 1. The van der Waals surface area contributed by atoms with Crippen LogP contribution >= 0.6 is 0 Å². The smallest absolute Gasteiger partial charge is 0.251 e. The van der Waals surface area contributed by atoms with Crippen LogP contribution in [0.2, 0.25) is 0 Å². The van der Waals surface area contributed by atoms with Gasteiger partial charge in [0.1, 0.15) is 0 Å². The number of carbonyl (C=O) groups is 2. The first kappa shape index (κ1) is 14.6. The minimum Gasteiger partial charge on any atom is -0.352 e. The molecule has 1 heterocycles. The molecule has 20 heavy (non-hydrogen) atoms. The van der Waals surface area contributed by atoms with Crippen LogP contribution in [0, 0.1) is 5.92 Å². The van der Waals surface area contributed by atoms with Gasteiger partial charge in [-0.05, 0) is 30.9 Å². The Bertz CT molecular complexity index is 459. The maximum atomic E-state index is 12.0. The average molecular weight is 274 g/mol. The molecular weight excluding hydrogens is 252 g/mol. The molecule has 0 aliphatic carbocycles. The van der Waals surface area contributed by atoms with E-state index in [0.29, 0.717) is 24.4 Å². The van der Waals surface area contributed by atoms with Crippen LogP contribution in [0.3, 0.4) is 0 Å². The number of likely N-dealkylation sites (tertiary alicyclic amines) is 1. The zero-order valence-electron chi connectivity index (χ0n) is 12.0. The first-order valence-corrected chi connectivity index (χ1v) is 7.28. The van der Waals surface area contributed by atoms with Crippen LogP contribution < -0.4 is 5.32 Å². The largest absolute Gasteiger partial charge is 0.352 e. The summed E-state index contributed by atoms with van der Waals surface area (Å²) in [7, 11) is 0. The topological polar surface area (TPSA) is 49.4 Å². The molecule has 1 aliphatic heterocycles. The molecule has 0 radical (unpaired) electrons. The van der Waals surface area contributed by atoms with E-state index in [-0.39, 0.29) is 11.8 Å². The van der Waals surface area contributed by atoms with Crippen molar-refractivity contribution in [3.05, 3.63) is 35.9 Å². The maximum absolute atomic E-state index is 12.0. The molecule has 2 rings (SSSR count). The van der Waals surface area contributed by atoms with E-state index in [9.17, 15) is 9.59 Å². The van der Waals surface area contributed by atoms with Gasteiger partial charge in [-0.15, -0.1) is 0 Å². The summed E-state index contributed by atoms with van der Waals surface area (Å²) in [5, 5.41) is 2.79. The van der Waals surface area contributed by atoms with E-state index in [0.717, 1.165) is 19.5 Å². The van der Waals surface area contributed by atoms with Crippen molar-refractivity contribution >= 4 is 11.8 Å². The van der Waals surface area contributed by atoms with Gasteiger partial charge in [-0.25, -0.2) is 0 Å². The van der Waals surface area contributed by atoms with E-state index in [4.69, 9.17) is 0 Å². The van der Waals surface area contributed by atoms with E-state index < -0.39 is 0 Å². The van der Waals surface area contributed by atoms with Crippen molar-refractivity contribution in [3.8, 4) is 0 Å². The lowest BCUT2D eigenvalue weighted by Gasteiger charge is -2.31. The van der Waals surface area contributed by atoms with Crippen molar-refractivity contribution in [3.63, 3.8) is 0 Å². The Hall–Kier alpha value is -1.84. The molecular formula is C16H22N2O2. The lowest BCUT2D eigenvalue weighted by molar-refractivity contribution is -0.132. The number of carbonyl (C=O) groups excluding carboxylic acids is 2. The van der Waals surface area contributed by atoms with Gasteiger partial charge in [0.15, 0.2) is 0 Å². The molecule has 0 aromatic heterocycles. The molecule has 0 bridgehead atoms. The molecule has 108 valence electrons. The zero-order chi connectivity index (χ0) is 14.4. The molecule has 2 amide bonds. The lowest BCUT2D eigenvalue weighted by atomic mass is 10.00. The van der Waals surface area contributed by atoms with Crippen LogP contribution in [0.4, 0.5) is 0 Å². The Morgan fingerprint density at radius 3 is 2.75 bits per heavy atom. The van der Waals surface area contributed by atoms with Gasteiger partial charge < -0.3 is 10.2 Å². The van der Waals surface area contributed by atoms with Gasteiger partial charge >= 0.3 is 0 Å². The van der Waals surface area contributed by atoms with Crippen LogP contribution in [0.25, 0.3) is 0 Å². The van der Waals surface area contributed by atoms with Gasteiger partial charge in [-0.2, -0.15) is 0 Å². The molecule has 1 N–H and O–H groups in total. The van der Waals surface area contributed by atoms with Crippen molar-refractivity contribution in [2.45, 2.75) is 26.2 Å². The van der Waals surface area contributed by atoms with Gasteiger partial charge in [0, 0.05) is 31.6 Å². The molecule has 1 aliphatic rings. The summed E-state index contributed by atoms with van der Waals surface area (Å²) in [6.07, 6.45) is 2.67. The minimum atomic E-state index is -0.120. The van der Waals surface area contributed by atoms with E-state index >= 15 is 0 Å². The highest BCUT2D eigenvalue weighted by Crippen LogP contribution is 2.15. The fourth-order valence-corrected chi connectivity index (χ4v) is 2.55. The lowest BCUT2D eigenvalue weighted by Crippen LogP contribution is -2.40. The second-order valence-corrected chi connectivity index (χ2v) is 5.46. The molecule has 1 saturated heterocycles. The third-order valence-corrected chi connectivity index (χ3v) is 3.67. The monoisotopic (exact) mass is 274 g/mol. The van der Waals surface area contributed by atoms with Crippen LogP contribution in [0.15, 0.2) is 30.3 Å². The van der Waals surface area contributed by atoms with E-state index in [1.807, 2.05) is 23.1 Å². The van der Waals surface area contributed by atoms with Crippen LogP contribution in [-0.4, -0.2) is 36.3 Å². The molecule has 0 saturated carbocycles. The van der Waals surface area contributed by atoms with Crippen molar-refractivity contribution in [1.29, 1.82) is 0 Å². The summed E-state index contributed by atoms with van der Waals surface area (Å²) in [6.45, 7) is 4.29. The summed E-state index contributed by atoms with van der Waals surface area (Å²) >= 11 is 0. The number of benzene rings is 1. The summed E-state index contributed by atoms with van der Waals surface area (Å²) in [5.41, 5.74) is 0.631. The molecule has 4 heteroatoms. The highest BCUT2D eigenvalue weighted by atomic mass is 16.2. The fourth-order valence-electron chi connectivity index (χ4n) is 2.55. The van der Waals surface area contributed by atoms with E-state index in [1.54, 1.807) is 12.1 Å². The maximum Gasteiger partial charge on any atom is 0.251 e. The van der Waals surface area contributed by atoms with Crippen molar-refractivity contribution in [2.75, 3.05) is 19.6 Å². The van der Waals surface area contributed by atoms with Crippen LogP contribution in [0.5, 0.6) is 0 Å². The van der Waals surface area contributed by atoms with E-state index in [1.165, 1.54) is 6.42 Å². The number of piperidine rings is 1. The predicted octanol–water partition coefficient (Wildman–Crippen LogP) is 2.06. The van der Waals surface area contributed by atoms with Gasteiger partial charge in [0.2, 0.25) is 5.91 Å². The molecule has 1 fully saturated rings. The number of hydrogen-bond donors (Lipinski definition) is 1. The molecule has 0 spiro atoms. The van der Waals surface area contributed by atoms with Gasteiger partial charge in [0.25, 0.3) is 5.91 Å². The van der Waals surface area contributed by atoms with Crippen molar-refractivity contribution in [2.24, 2.45) is 5.92 Å². The summed E-state index contributed by atoms with van der Waals surface area (Å²) in [4.78, 5) is 25.8. The second-order valence-electron chi connectivity index (χ2n) is 5.46. The predicted molar refractivity (Wildman–Crippen MR) is 78.4 cm³/mol. The first-order chi connectivity index (χ1) is 9.66. The molecule has 1 aromatic rings. The Morgan fingerprint density at radius 2 is 2.05 bits per heavy atom. The molecule has 1 atom stereocenters. The van der Waals surface area contributed by atoms with Gasteiger partial charge in [0.05, 0.1) is 0 Å². The Labute approximate surface area is 120 Å². The van der Waals surface area contributed by atoms with Gasteiger partial charge in [-0.3, -0.25) is 9.59 Å². The van der Waals surface area contributed by atoms with Crippen LogP contribution in [0.1, 0.15) is 36.5 Å². The number of nitrogens with zero attached hydrogens (tertiary/aromatic N) is 1. The molecule has 1 aromatic carbocycles. The number of hydrogen-bond acceptors (Lipinski definition) is 2. The van der Waals surface area contributed by atoms with E-state index in [2.05, 4.69) is 12.2 Å². The second kappa shape index (κ2) is 7.08. The highest BCUT2D eigenvalue weighted by Gasteiger charge is 2.20. The third-order valence-electron chi connectivity index (χ3n) is 3.67. The fraction of sp³-hybridized carbons (Fsp3) is 0.500. The van der Waals surface area contributed by atoms with Crippen molar-refractivity contribution < 1.29 is 9.59 Å². The summed E-state index contributed by atoms with van der Waals surface area (Å²) in [6, 6.07) is 9.06. The SMILES string of the molecule is CC1CCCN(C(=O)CCNC(=O)c2ccccc2)C1. The Kier molecular flexibility index (Phi) is 5.16. The minimum absolute atomic E-state index is 0.120. The quantitative estimate of drug-likeness (QED) is 0.913. The zero-order valence-corrected chi connectivity index (χ0v) is 12.0. The molecule has 1 unspecified atom stereocenters. The average Bonchev–Trinajstić information content (AvgIpc) is 2.48. The standard InChI is InChI=1S/C16H22N2O2/c1-13-6-5-11-18(12-13)15(19)9-10-17-16(20)14-7-3-2-4-8-14/h2-4,7-8,13H,5-6,9-12H2,1H3,(H,17,20). The molecule has 4 nitrogen and oxygen atoms in total. The highest BCUT2D eigenvalue weighted by molar-refractivity contribution is 5.94.